The number of carbonyl (C=O) groups excluding carboxylic acids is 1. The summed E-state index contributed by atoms with van der Waals surface area (Å²) in [4.78, 5) is 15.2. The van der Waals surface area contributed by atoms with Gasteiger partial charge in [-0.2, -0.15) is 0 Å². The summed E-state index contributed by atoms with van der Waals surface area (Å²) < 4.78 is 5.80. The topological polar surface area (TPSA) is 53.6 Å². The maximum Gasteiger partial charge on any atom is 0.262 e. The Bertz CT molecular complexity index is 770. The number of thiocarbonyl (C=S) groups is 1. The van der Waals surface area contributed by atoms with Gasteiger partial charge in [0.05, 0.1) is 12.2 Å². The van der Waals surface area contributed by atoms with E-state index in [1.54, 1.807) is 18.8 Å². The molecule has 0 aromatic heterocycles. The average Bonchev–Trinajstić information content (AvgIpc) is 2.70. The number of fused-ring (bicyclic) bond motifs is 1. The van der Waals surface area contributed by atoms with Gasteiger partial charge in [-0.25, -0.2) is 0 Å². The molecule has 1 amide bonds. The number of ether oxygens (including phenoxy) is 1. The number of carbonyl (C=O) groups is 1. The van der Waals surface area contributed by atoms with Crippen molar-refractivity contribution in [3.05, 3.63) is 54.6 Å². The average molecular weight is 388 g/mol. The van der Waals surface area contributed by atoms with Crippen molar-refractivity contribution in [2.75, 3.05) is 30.8 Å². The zero-order chi connectivity index (χ0) is 18.4. The number of hydrogen-bond acceptors (Lipinski definition) is 4. The van der Waals surface area contributed by atoms with Crippen LogP contribution in [0.3, 0.4) is 0 Å². The molecule has 0 saturated carbocycles. The predicted octanol–water partition coefficient (Wildman–Crippen LogP) is 2.67. The molecule has 1 heterocycles. The molecule has 2 aromatic carbocycles. The van der Waals surface area contributed by atoms with Gasteiger partial charge < -0.3 is 20.3 Å². The highest BCUT2D eigenvalue weighted by Crippen LogP contribution is 2.33. The van der Waals surface area contributed by atoms with E-state index in [9.17, 15) is 4.79 Å². The van der Waals surface area contributed by atoms with Crippen LogP contribution in [0.4, 0.5) is 5.69 Å². The maximum absolute atomic E-state index is 12.0. The van der Waals surface area contributed by atoms with Crippen molar-refractivity contribution >= 4 is 40.7 Å². The van der Waals surface area contributed by atoms with Gasteiger partial charge in [-0.05, 0) is 36.5 Å². The molecule has 0 aliphatic carbocycles. The van der Waals surface area contributed by atoms with Crippen LogP contribution >= 0.6 is 24.0 Å². The number of hydrogen-bond donors (Lipinski definition) is 2. The Balaban J connectivity index is 1.61. The van der Waals surface area contributed by atoms with E-state index in [2.05, 4.69) is 22.8 Å². The van der Waals surface area contributed by atoms with Gasteiger partial charge in [-0.1, -0.05) is 30.3 Å². The molecule has 0 spiro atoms. The standard InChI is InChI=1S/C19H21N3O2S2/c1-20-18(23)17-13-22(15-9-5-6-10-16(15)24-17)19(25)21-11-12-26-14-7-3-2-4-8-14/h2-10,17H,11-13H2,1H3,(H,20,23)(H,21,25)/t17-/m1/s1. The van der Waals surface area contributed by atoms with Crippen molar-refractivity contribution in [2.45, 2.75) is 11.0 Å². The molecule has 136 valence electrons. The molecule has 0 saturated heterocycles. The summed E-state index contributed by atoms with van der Waals surface area (Å²) in [7, 11) is 1.61. The quantitative estimate of drug-likeness (QED) is 0.467. The number of benzene rings is 2. The van der Waals surface area contributed by atoms with E-state index in [0.29, 0.717) is 17.4 Å². The highest BCUT2D eigenvalue weighted by atomic mass is 32.2. The van der Waals surface area contributed by atoms with Crippen molar-refractivity contribution in [3.8, 4) is 5.75 Å². The van der Waals surface area contributed by atoms with Crippen LogP contribution in [-0.4, -0.2) is 43.0 Å². The fourth-order valence-corrected chi connectivity index (χ4v) is 3.73. The van der Waals surface area contributed by atoms with Gasteiger partial charge in [-0.3, -0.25) is 4.79 Å². The van der Waals surface area contributed by atoms with Crippen LogP contribution in [0.5, 0.6) is 5.75 Å². The number of nitrogens with one attached hydrogen (secondary N) is 2. The first-order valence-electron chi connectivity index (χ1n) is 8.39. The van der Waals surface area contributed by atoms with Gasteiger partial charge in [0.1, 0.15) is 5.75 Å². The van der Waals surface area contributed by atoms with Gasteiger partial charge >= 0.3 is 0 Å². The van der Waals surface area contributed by atoms with Crippen LogP contribution in [0.15, 0.2) is 59.5 Å². The van der Waals surface area contributed by atoms with E-state index in [-0.39, 0.29) is 5.91 Å². The van der Waals surface area contributed by atoms with E-state index in [0.717, 1.165) is 18.0 Å². The Morgan fingerprint density at radius 3 is 2.73 bits per heavy atom. The first kappa shape index (κ1) is 18.5. The molecule has 26 heavy (non-hydrogen) atoms. The molecule has 2 N–H and O–H groups in total. The monoisotopic (exact) mass is 387 g/mol. The van der Waals surface area contributed by atoms with E-state index < -0.39 is 6.10 Å². The first-order chi connectivity index (χ1) is 12.7. The summed E-state index contributed by atoms with van der Waals surface area (Å²) in [6, 6.07) is 17.9. The van der Waals surface area contributed by atoms with Crippen molar-refractivity contribution in [1.82, 2.24) is 10.6 Å². The first-order valence-corrected chi connectivity index (χ1v) is 9.79. The second kappa shape index (κ2) is 8.91. The van der Waals surface area contributed by atoms with Crippen LogP contribution in [0.2, 0.25) is 0 Å². The lowest BCUT2D eigenvalue weighted by molar-refractivity contribution is -0.127. The van der Waals surface area contributed by atoms with Crippen molar-refractivity contribution in [1.29, 1.82) is 0 Å². The van der Waals surface area contributed by atoms with Crippen LogP contribution < -0.4 is 20.3 Å². The highest BCUT2D eigenvalue weighted by molar-refractivity contribution is 7.99. The normalized spacial score (nSPS) is 15.6. The van der Waals surface area contributed by atoms with E-state index in [1.165, 1.54) is 4.90 Å². The molecule has 2 aromatic rings. The van der Waals surface area contributed by atoms with E-state index >= 15 is 0 Å². The van der Waals surface area contributed by atoms with Gasteiger partial charge in [0.2, 0.25) is 0 Å². The number of thioether (sulfide) groups is 1. The van der Waals surface area contributed by atoms with Gasteiger partial charge in [0.25, 0.3) is 5.91 Å². The Labute approximate surface area is 163 Å². The third kappa shape index (κ3) is 4.47. The summed E-state index contributed by atoms with van der Waals surface area (Å²) in [6.45, 7) is 1.12. The van der Waals surface area contributed by atoms with Crippen LogP contribution in [0.1, 0.15) is 0 Å². The molecule has 0 fully saturated rings. The molecule has 0 bridgehead atoms. The van der Waals surface area contributed by atoms with Crippen LogP contribution in [0.25, 0.3) is 0 Å². The summed E-state index contributed by atoms with van der Waals surface area (Å²) in [5.41, 5.74) is 0.876. The second-order valence-electron chi connectivity index (χ2n) is 5.69. The Hall–Kier alpha value is -2.25. The Kier molecular flexibility index (Phi) is 6.35. The number of likely N-dealkylation sites (N-methyl/N-ethyl adjacent to an activating group) is 1. The molecule has 1 atom stereocenters. The Morgan fingerprint density at radius 2 is 1.96 bits per heavy atom. The summed E-state index contributed by atoms with van der Waals surface area (Å²) in [6.07, 6.45) is -0.589. The molecular formula is C19H21N3O2S2. The molecule has 7 heteroatoms. The van der Waals surface area contributed by atoms with Crippen molar-refractivity contribution < 1.29 is 9.53 Å². The fourth-order valence-electron chi connectivity index (χ4n) is 2.66. The number of amides is 1. The minimum atomic E-state index is -0.589. The smallest absolute Gasteiger partial charge is 0.262 e. The fraction of sp³-hybridized carbons (Fsp3) is 0.263. The number of rotatable bonds is 5. The summed E-state index contributed by atoms with van der Waals surface area (Å²) in [5.74, 6) is 1.40. The molecule has 0 radical (unpaired) electrons. The zero-order valence-corrected chi connectivity index (χ0v) is 16.1. The third-order valence-corrected chi connectivity index (χ3v) is 5.33. The van der Waals surface area contributed by atoms with Crippen LogP contribution in [0, 0.1) is 0 Å². The lowest BCUT2D eigenvalue weighted by atomic mass is 10.2. The maximum atomic E-state index is 12.0. The largest absolute Gasteiger partial charge is 0.477 e. The summed E-state index contributed by atoms with van der Waals surface area (Å²) >= 11 is 7.35. The third-order valence-electron chi connectivity index (χ3n) is 3.95. The number of anilines is 1. The molecule has 3 rings (SSSR count). The lowest BCUT2D eigenvalue weighted by Gasteiger charge is -2.35. The highest BCUT2D eigenvalue weighted by Gasteiger charge is 2.31. The van der Waals surface area contributed by atoms with Crippen LogP contribution in [-0.2, 0) is 4.79 Å². The van der Waals surface area contributed by atoms with Gasteiger partial charge in [0, 0.05) is 24.2 Å². The van der Waals surface area contributed by atoms with Crippen molar-refractivity contribution in [2.24, 2.45) is 0 Å². The minimum Gasteiger partial charge on any atom is -0.477 e. The second-order valence-corrected chi connectivity index (χ2v) is 7.25. The van der Waals surface area contributed by atoms with Crippen molar-refractivity contribution in [3.63, 3.8) is 0 Å². The SMILES string of the molecule is CNC(=O)[C@H]1CN(C(=S)NCCSc2ccccc2)c2ccccc2O1. The number of nitrogens with zero attached hydrogens (tertiary/aromatic N) is 1. The van der Waals surface area contributed by atoms with Gasteiger partial charge in [0.15, 0.2) is 11.2 Å². The lowest BCUT2D eigenvalue weighted by Crippen LogP contribution is -2.52. The molecule has 0 unspecified atom stereocenters. The molecular weight excluding hydrogens is 366 g/mol. The summed E-state index contributed by atoms with van der Waals surface area (Å²) in [5, 5.41) is 6.53. The van der Waals surface area contributed by atoms with E-state index in [1.807, 2.05) is 47.4 Å². The molecule has 5 nitrogen and oxygen atoms in total. The minimum absolute atomic E-state index is 0.160. The molecule has 1 aliphatic heterocycles. The van der Waals surface area contributed by atoms with E-state index in [4.69, 9.17) is 17.0 Å². The number of para-hydroxylation sites is 2. The Morgan fingerprint density at radius 1 is 1.23 bits per heavy atom. The van der Waals surface area contributed by atoms with Gasteiger partial charge in [-0.15, -0.1) is 11.8 Å². The molecule has 1 aliphatic rings. The predicted molar refractivity (Wildman–Crippen MR) is 110 cm³/mol. The zero-order valence-electron chi connectivity index (χ0n) is 14.5.